The number of aliphatic hydroxyl groups is 1. The molecule has 1 atom stereocenters. The van der Waals surface area contributed by atoms with Crippen molar-refractivity contribution in [3.05, 3.63) is 22.8 Å². The lowest BCUT2D eigenvalue weighted by molar-refractivity contribution is 0.282. The topological polar surface area (TPSA) is 68.9 Å². The fraction of sp³-hybridized carbons (Fsp3) is 0.455. The Bertz CT molecular complexity index is 389. The van der Waals surface area contributed by atoms with Crippen LogP contribution in [0, 0.1) is 11.3 Å². The van der Waals surface area contributed by atoms with Crippen molar-refractivity contribution >= 4 is 17.4 Å². The maximum absolute atomic E-state index is 8.76. The maximum atomic E-state index is 8.76. The van der Waals surface area contributed by atoms with Gasteiger partial charge in [0.05, 0.1) is 11.6 Å². The van der Waals surface area contributed by atoms with E-state index >= 15 is 0 Å². The molecule has 0 aliphatic heterocycles. The van der Waals surface area contributed by atoms with E-state index in [4.69, 9.17) is 22.0 Å². The molecule has 0 saturated carbocycles. The Balaban J connectivity index is 2.66. The molecule has 1 heterocycles. The molecule has 2 N–H and O–H groups in total. The van der Waals surface area contributed by atoms with Crippen molar-refractivity contribution in [3.8, 4) is 6.07 Å². The number of nitrogens with one attached hydrogen (secondary N) is 1. The van der Waals surface area contributed by atoms with E-state index in [1.165, 1.54) is 6.07 Å². The summed E-state index contributed by atoms with van der Waals surface area (Å²) < 4.78 is 0. The van der Waals surface area contributed by atoms with E-state index < -0.39 is 0 Å². The Kier molecular flexibility index (Phi) is 5.03. The van der Waals surface area contributed by atoms with Gasteiger partial charge < -0.3 is 10.4 Å². The molecule has 0 aliphatic carbocycles. The van der Waals surface area contributed by atoms with Crippen LogP contribution in [0.25, 0.3) is 0 Å². The smallest absolute Gasteiger partial charge is 0.132 e. The van der Waals surface area contributed by atoms with E-state index in [9.17, 15) is 0 Å². The highest BCUT2D eigenvalue weighted by molar-refractivity contribution is 6.29. The molecule has 0 bridgehead atoms. The van der Waals surface area contributed by atoms with E-state index in [1.807, 2.05) is 13.0 Å². The molecule has 1 aromatic rings. The lowest BCUT2D eigenvalue weighted by Crippen LogP contribution is -2.16. The van der Waals surface area contributed by atoms with Gasteiger partial charge in [0.25, 0.3) is 0 Å². The number of hydrogen-bond donors (Lipinski definition) is 2. The van der Waals surface area contributed by atoms with Crippen molar-refractivity contribution in [2.75, 3.05) is 11.9 Å². The number of hydrogen-bond acceptors (Lipinski definition) is 4. The van der Waals surface area contributed by atoms with Crippen LogP contribution in [0.4, 0.5) is 5.82 Å². The molecule has 0 amide bonds. The van der Waals surface area contributed by atoms with E-state index in [0.717, 1.165) is 12.8 Å². The number of nitriles is 1. The fourth-order valence-electron chi connectivity index (χ4n) is 1.36. The zero-order valence-corrected chi connectivity index (χ0v) is 9.83. The first-order valence-electron chi connectivity index (χ1n) is 5.11. The van der Waals surface area contributed by atoms with Gasteiger partial charge in [-0.05, 0) is 31.9 Å². The molecule has 0 fully saturated rings. The molecule has 86 valence electrons. The van der Waals surface area contributed by atoms with Gasteiger partial charge in [-0.15, -0.1) is 0 Å². The van der Waals surface area contributed by atoms with Crippen LogP contribution in [0.5, 0.6) is 0 Å². The molecule has 5 heteroatoms. The van der Waals surface area contributed by atoms with E-state index in [-0.39, 0.29) is 12.6 Å². The van der Waals surface area contributed by atoms with Crippen LogP contribution < -0.4 is 5.32 Å². The van der Waals surface area contributed by atoms with Crippen molar-refractivity contribution in [3.63, 3.8) is 0 Å². The number of aromatic nitrogens is 1. The summed E-state index contributed by atoms with van der Waals surface area (Å²) in [7, 11) is 0. The summed E-state index contributed by atoms with van der Waals surface area (Å²) >= 11 is 5.77. The summed E-state index contributed by atoms with van der Waals surface area (Å²) in [6.45, 7) is 2.17. The van der Waals surface area contributed by atoms with Gasteiger partial charge in [0.2, 0.25) is 0 Å². The molecule has 16 heavy (non-hydrogen) atoms. The number of nitrogens with zero attached hydrogens (tertiary/aromatic N) is 2. The molecule has 4 nitrogen and oxygen atoms in total. The van der Waals surface area contributed by atoms with Crippen LogP contribution in [0.3, 0.4) is 0 Å². The second-order valence-corrected chi connectivity index (χ2v) is 3.97. The third kappa shape index (κ3) is 4.05. The van der Waals surface area contributed by atoms with E-state index in [2.05, 4.69) is 10.3 Å². The number of rotatable bonds is 5. The quantitative estimate of drug-likeness (QED) is 0.773. The molecule has 0 spiro atoms. The van der Waals surface area contributed by atoms with Crippen molar-refractivity contribution in [2.45, 2.75) is 25.8 Å². The molecule has 0 aromatic carbocycles. The predicted octanol–water partition coefficient (Wildman–Crippen LogP) is 2.18. The first-order chi connectivity index (χ1) is 7.65. The summed E-state index contributed by atoms with van der Waals surface area (Å²) in [5, 5.41) is 20.9. The largest absolute Gasteiger partial charge is 0.396 e. The van der Waals surface area contributed by atoms with E-state index in [0.29, 0.717) is 16.5 Å². The van der Waals surface area contributed by atoms with Crippen LogP contribution in [0.1, 0.15) is 25.3 Å². The minimum Gasteiger partial charge on any atom is -0.396 e. The molecular weight excluding hydrogens is 226 g/mol. The monoisotopic (exact) mass is 239 g/mol. The zero-order chi connectivity index (χ0) is 12.0. The summed E-state index contributed by atoms with van der Waals surface area (Å²) in [6.07, 6.45) is 1.58. The van der Waals surface area contributed by atoms with Crippen LogP contribution in [-0.4, -0.2) is 22.7 Å². The molecular formula is C11H14ClN3O. The molecule has 1 unspecified atom stereocenters. The van der Waals surface area contributed by atoms with Crippen LogP contribution >= 0.6 is 11.6 Å². The van der Waals surface area contributed by atoms with Gasteiger partial charge in [0, 0.05) is 12.6 Å². The number of pyridine rings is 1. The Morgan fingerprint density at radius 3 is 3.00 bits per heavy atom. The van der Waals surface area contributed by atoms with Gasteiger partial charge in [-0.3, -0.25) is 0 Å². The van der Waals surface area contributed by atoms with Crippen molar-refractivity contribution in [2.24, 2.45) is 0 Å². The zero-order valence-electron chi connectivity index (χ0n) is 9.07. The van der Waals surface area contributed by atoms with Gasteiger partial charge in [-0.2, -0.15) is 5.26 Å². The SMILES string of the molecule is CC(CCCO)Nc1cc(C#N)cc(Cl)n1. The highest BCUT2D eigenvalue weighted by Crippen LogP contribution is 2.15. The lowest BCUT2D eigenvalue weighted by Gasteiger charge is -2.13. The third-order valence-electron chi connectivity index (χ3n) is 2.11. The van der Waals surface area contributed by atoms with Gasteiger partial charge in [0.1, 0.15) is 11.0 Å². The Morgan fingerprint density at radius 1 is 1.62 bits per heavy atom. The van der Waals surface area contributed by atoms with Crippen LogP contribution in [0.2, 0.25) is 5.15 Å². The highest BCUT2D eigenvalue weighted by atomic mass is 35.5. The van der Waals surface area contributed by atoms with Gasteiger partial charge in [-0.1, -0.05) is 11.6 Å². The minimum atomic E-state index is 0.179. The van der Waals surface area contributed by atoms with Crippen molar-refractivity contribution < 1.29 is 5.11 Å². The standard InChI is InChI=1S/C11H14ClN3O/c1-8(3-2-4-16)14-11-6-9(7-13)5-10(12)15-11/h5-6,8,16H,2-4H2,1H3,(H,14,15). The normalized spacial score (nSPS) is 11.9. The summed E-state index contributed by atoms with van der Waals surface area (Å²) in [6, 6.07) is 5.38. The molecule has 0 saturated heterocycles. The summed E-state index contributed by atoms with van der Waals surface area (Å²) in [4.78, 5) is 4.07. The second-order valence-electron chi connectivity index (χ2n) is 3.59. The third-order valence-corrected chi connectivity index (χ3v) is 2.31. The number of anilines is 1. The number of aliphatic hydroxyl groups excluding tert-OH is 1. The van der Waals surface area contributed by atoms with Gasteiger partial charge in [-0.25, -0.2) is 4.98 Å². The molecule has 0 aliphatic rings. The fourth-order valence-corrected chi connectivity index (χ4v) is 1.57. The average Bonchev–Trinajstić information content (AvgIpc) is 2.25. The van der Waals surface area contributed by atoms with Crippen LogP contribution in [-0.2, 0) is 0 Å². The second kappa shape index (κ2) is 6.31. The highest BCUT2D eigenvalue weighted by Gasteiger charge is 2.05. The van der Waals surface area contributed by atoms with E-state index in [1.54, 1.807) is 6.07 Å². The molecule has 1 aromatic heterocycles. The molecule has 0 radical (unpaired) electrons. The van der Waals surface area contributed by atoms with Crippen molar-refractivity contribution in [1.82, 2.24) is 4.98 Å². The van der Waals surface area contributed by atoms with Crippen LogP contribution in [0.15, 0.2) is 12.1 Å². The molecule has 1 rings (SSSR count). The van der Waals surface area contributed by atoms with Crippen molar-refractivity contribution in [1.29, 1.82) is 5.26 Å². The Morgan fingerprint density at radius 2 is 2.38 bits per heavy atom. The minimum absolute atomic E-state index is 0.179. The Hall–Kier alpha value is -1.31. The summed E-state index contributed by atoms with van der Waals surface area (Å²) in [5.74, 6) is 0.592. The summed E-state index contributed by atoms with van der Waals surface area (Å²) in [5.41, 5.74) is 0.483. The maximum Gasteiger partial charge on any atom is 0.132 e. The van der Waals surface area contributed by atoms with Gasteiger partial charge in [0.15, 0.2) is 0 Å². The predicted molar refractivity (Wildman–Crippen MR) is 63.4 cm³/mol. The van der Waals surface area contributed by atoms with Gasteiger partial charge >= 0.3 is 0 Å². The first-order valence-corrected chi connectivity index (χ1v) is 5.48. The first kappa shape index (κ1) is 12.8. The Labute approximate surface area is 99.9 Å². The number of halogens is 1. The average molecular weight is 240 g/mol. The lowest BCUT2D eigenvalue weighted by atomic mass is 10.2.